The largest absolute Gasteiger partial charge is 0.673 e. The van der Waals surface area contributed by atoms with E-state index in [1.165, 1.54) is 15.3 Å². The quantitative estimate of drug-likeness (QED) is 0.0978. The van der Waals surface area contributed by atoms with Crippen LogP contribution in [0.5, 0.6) is 0 Å². The van der Waals surface area contributed by atoms with Gasteiger partial charge in [-0.2, -0.15) is 0 Å². The lowest BCUT2D eigenvalue weighted by Gasteiger charge is -2.02. The molecule has 0 saturated carbocycles. The van der Waals surface area contributed by atoms with Gasteiger partial charge in [0.1, 0.15) is 7.05 Å². The topological polar surface area (TPSA) is 3.88 Å². The number of hydrogen-bond donors (Lipinski definition) is 0. The van der Waals surface area contributed by atoms with E-state index in [4.69, 9.17) is 23.2 Å². The highest BCUT2D eigenvalue weighted by molar-refractivity contribution is 7.18. The Morgan fingerprint density at radius 2 is 0.973 bits per heavy atom. The molecule has 0 aliphatic carbocycles. The minimum absolute atomic E-state index is 0.743. The van der Waals surface area contributed by atoms with Crippen molar-refractivity contribution >= 4 is 49.0 Å². The van der Waals surface area contributed by atoms with Gasteiger partial charge in [0.2, 0.25) is 26.8 Å². The lowest BCUT2D eigenvalue weighted by molar-refractivity contribution is -0.660. The lowest BCUT2D eigenvalue weighted by Crippen LogP contribution is -2.29. The number of benzene rings is 2. The fourth-order valence-corrected chi connectivity index (χ4v) is 4.35. The molecule has 0 N–H and O–H groups in total. The number of aryl methyl sites for hydroxylation is 1. The summed E-state index contributed by atoms with van der Waals surface area (Å²) in [5.74, 6) is 0. The summed E-state index contributed by atoms with van der Waals surface area (Å²) in [4.78, 5) is 2.39. The van der Waals surface area contributed by atoms with E-state index >= 15 is 0 Å². The minimum Gasteiger partial charge on any atom is -0.418 e. The zero-order valence-corrected chi connectivity index (χ0v) is 21.2. The third-order valence-corrected chi connectivity index (χ3v) is 6.05. The van der Waals surface area contributed by atoms with Crippen LogP contribution in [-0.2, 0) is 7.05 Å². The molecule has 0 amide bonds. The van der Waals surface area contributed by atoms with Crippen LogP contribution in [0.4, 0.5) is 34.5 Å². The van der Waals surface area contributed by atoms with Gasteiger partial charge in [0.05, 0.1) is 5.56 Å². The van der Waals surface area contributed by atoms with Crippen LogP contribution in [0.3, 0.4) is 0 Å². The van der Waals surface area contributed by atoms with E-state index in [0.717, 1.165) is 26.9 Å². The van der Waals surface area contributed by atoms with E-state index < -0.39 is 14.5 Å². The van der Waals surface area contributed by atoms with Gasteiger partial charge in [-0.1, -0.05) is 23.2 Å². The molecule has 0 atom stereocenters. The van der Waals surface area contributed by atoms with E-state index in [-0.39, 0.29) is 0 Å². The molecular weight excluding hydrogens is 567 g/mol. The van der Waals surface area contributed by atoms with Gasteiger partial charge in [-0.05, 0) is 54.6 Å². The zero-order valence-electron chi connectivity index (χ0n) is 18.9. The SMILES string of the molecule is C[n+]1ccccc1-c1cc(-c2ccc(Cl)cc2)[s+]c(-c2ccc(Cl)cc2)c1.F[B-](F)(F)F.F[B-](F)(F)F. The summed E-state index contributed by atoms with van der Waals surface area (Å²) in [6.45, 7) is 0. The van der Waals surface area contributed by atoms with E-state index in [1.807, 2.05) is 30.3 Å². The Morgan fingerprint density at radius 1 is 0.595 bits per heavy atom. The summed E-state index contributed by atoms with van der Waals surface area (Å²) in [6.07, 6.45) is 2.07. The van der Waals surface area contributed by atoms with Crippen LogP contribution in [0, 0.1) is 0 Å². The molecule has 0 aliphatic rings. The van der Waals surface area contributed by atoms with Gasteiger partial charge in [-0.3, -0.25) is 0 Å². The molecule has 0 saturated heterocycles. The highest BCUT2D eigenvalue weighted by atomic mass is 35.5. The van der Waals surface area contributed by atoms with Gasteiger partial charge in [0.15, 0.2) is 6.20 Å². The molecule has 2 heterocycles. The first kappa shape index (κ1) is 30.5. The maximum atomic E-state index is 9.75. The molecule has 0 unspecified atom stereocenters. The van der Waals surface area contributed by atoms with Crippen molar-refractivity contribution < 1.29 is 39.1 Å². The lowest BCUT2D eigenvalue weighted by atomic mass is 10.1. The Morgan fingerprint density at radius 3 is 1.32 bits per heavy atom. The Kier molecular flexibility index (Phi) is 10.9. The molecule has 0 aliphatic heterocycles. The van der Waals surface area contributed by atoms with Gasteiger partial charge < -0.3 is 34.5 Å². The molecular formula is C23H17B2Cl2F8NS. The standard InChI is InChI=1S/C23H17Cl2NS.2BF4/c1-26-13-3-2-4-21(26)18-14-22(16-5-9-19(24)10-6-16)27-23(15-18)17-7-11-20(25)12-8-17;2*2-1(3,4)5/h2-15H,1H3;;/q+2;2*-1. The van der Waals surface area contributed by atoms with Crippen molar-refractivity contribution in [1.82, 2.24) is 0 Å². The maximum Gasteiger partial charge on any atom is 0.673 e. The van der Waals surface area contributed by atoms with Crippen molar-refractivity contribution in [3.8, 4) is 32.1 Å². The Bertz CT molecular complexity index is 1210. The number of nitrogens with zero attached hydrogens (tertiary/aromatic N) is 1. The second kappa shape index (κ2) is 13.2. The predicted molar refractivity (Wildman–Crippen MR) is 137 cm³/mol. The number of aromatic nitrogens is 1. The molecule has 0 radical (unpaired) electrons. The number of rotatable bonds is 3. The van der Waals surface area contributed by atoms with Crippen LogP contribution in [0.25, 0.3) is 32.1 Å². The first-order valence-electron chi connectivity index (χ1n) is 10.3. The fourth-order valence-electron chi connectivity index (χ4n) is 2.99. The summed E-state index contributed by atoms with van der Waals surface area (Å²) in [6, 6.07) is 26.7. The summed E-state index contributed by atoms with van der Waals surface area (Å²) in [5, 5.41) is 1.49. The van der Waals surface area contributed by atoms with Gasteiger partial charge >= 0.3 is 14.5 Å². The third-order valence-electron chi connectivity index (χ3n) is 4.40. The molecule has 2 aromatic heterocycles. The van der Waals surface area contributed by atoms with Gasteiger partial charge in [0.25, 0.3) is 0 Å². The van der Waals surface area contributed by atoms with E-state index in [1.54, 1.807) is 11.3 Å². The van der Waals surface area contributed by atoms with Crippen molar-refractivity contribution in [2.75, 3.05) is 0 Å². The Hall–Kier alpha value is -2.69. The van der Waals surface area contributed by atoms with Crippen molar-refractivity contribution in [2.24, 2.45) is 7.05 Å². The second-order valence-electron chi connectivity index (χ2n) is 7.27. The van der Waals surface area contributed by atoms with Crippen LogP contribution in [0.2, 0.25) is 10.0 Å². The summed E-state index contributed by atoms with van der Waals surface area (Å²) >= 11 is 13.9. The number of halogens is 10. The van der Waals surface area contributed by atoms with Crippen molar-refractivity contribution in [3.05, 3.63) is 95.1 Å². The molecule has 14 heteroatoms. The van der Waals surface area contributed by atoms with E-state index in [0.29, 0.717) is 0 Å². The smallest absolute Gasteiger partial charge is 0.418 e. The van der Waals surface area contributed by atoms with Crippen LogP contribution >= 0.6 is 34.5 Å². The van der Waals surface area contributed by atoms with E-state index in [2.05, 4.69) is 66.3 Å². The predicted octanol–water partition coefficient (Wildman–Crippen LogP) is 9.76. The van der Waals surface area contributed by atoms with Crippen LogP contribution in [-0.4, -0.2) is 14.5 Å². The first-order valence-corrected chi connectivity index (χ1v) is 11.9. The average molecular weight is 584 g/mol. The highest BCUT2D eigenvalue weighted by Crippen LogP contribution is 2.37. The zero-order chi connectivity index (χ0) is 27.8. The summed E-state index contributed by atoms with van der Waals surface area (Å²) in [5.41, 5.74) is 4.64. The van der Waals surface area contributed by atoms with Gasteiger partial charge in [-0.15, -0.1) is 0 Å². The third kappa shape index (κ3) is 11.9. The summed E-state index contributed by atoms with van der Waals surface area (Å²) in [7, 11) is -9.93. The van der Waals surface area contributed by atoms with Crippen LogP contribution in [0.1, 0.15) is 0 Å². The second-order valence-corrected chi connectivity index (χ2v) is 9.23. The fraction of sp³-hybridized carbons (Fsp3) is 0.0435. The molecule has 0 spiro atoms. The van der Waals surface area contributed by atoms with Crippen LogP contribution in [0.15, 0.2) is 85.1 Å². The van der Waals surface area contributed by atoms with Crippen molar-refractivity contribution in [1.29, 1.82) is 0 Å². The number of pyridine rings is 1. The maximum absolute atomic E-state index is 9.75. The normalized spacial score (nSPS) is 11.1. The first-order chi connectivity index (χ1) is 17.1. The average Bonchev–Trinajstić information content (AvgIpc) is 2.78. The van der Waals surface area contributed by atoms with Crippen molar-refractivity contribution in [3.63, 3.8) is 0 Å². The summed E-state index contributed by atoms with van der Waals surface area (Å²) < 4.78 is 80.1. The molecule has 4 rings (SSSR count). The molecule has 2 aromatic carbocycles. The number of hydrogen-bond acceptors (Lipinski definition) is 0. The molecule has 196 valence electrons. The van der Waals surface area contributed by atoms with Crippen molar-refractivity contribution in [2.45, 2.75) is 0 Å². The highest BCUT2D eigenvalue weighted by Gasteiger charge is 2.22. The molecule has 1 nitrogen and oxygen atoms in total. The van der Waals surface area contributed by atoms with Gasteiger partial charge in [-0.25, -0.2) is 4.57 Å². The monoisotopic (exact) mass is 583 g/mol. The van der Waals surface area contributed by atoms with Gasteiger partial charge in [0, 0.05) is 45.4 Å². The Balaban J connectivity index is 0.000000412. The Labute approximate surface area is 222 Å². The van der Waals surface area contributed by atoms with Crippen LogP contribution < -0.4 is 4.57 Å². The molecule has 4 aromatic rings. The molecule has 0 fully saturated rings. The molecule has 0 bridgehead atoms. The van der Waals surface area contributed by atoms with E-state index in [9.17, 15) is 34.5 Å². The minimum atomic E-state index is -6.00. The molecule has 37 heavy (non-hydrogen) atoms.